The van der Waals surface area contributed by atoms with Gasteiger partial charge in [0.05, 0.1) is 27.5 Å². The van der Waals surface area contributed by atoms with Crippen molar-refractivity contribution < 1.29 is 0 Å². The molecule has 0 amide bonds. The molecule has 10 rings (SSSR count). The summed E-state index contributed by atoms with van der Waals surface area (Å²) >= 11 is 0. The summed E-state index contributed by atoms with van der Waals surface area (Å²) in [5.41, 5.74) is 9.84. The third-order valence-electron chi connectivity index (χ3n) is 10.1. The predicted octanol–water partition coefficient (Wildman–Crippen LogP) is 10.4. The summed E-state index contributed by atoms with van der Waals surface area (Å²) in [6.07, 6.45) is 5.80. The molecule has 0 aliphatic rings. The molecular weight excluding hydrogens is 595 g/mol. The third-order valence-corrected chi connectivity index (χ3v) is 10.1. The molecule has 7 aromatic carbocycles. The van der Waals surface area contributed by atoms with E-state index in [0.29, 0.717) is 0 Å². The van der Waals surface area contributed by atoms with Crippen molar-refractivity contribution in [3.05, 3.63) is 163 Å². The van der Waals surface area contributed by atoms with Gasteiger partial charge in [-0.05, 0) is 90.0 Å². The van der Waals surface area contributed by atoms with Gasteiger partial charge in [0.1, 0.15) is 5.65 Å². The summed E-state index contributed by atoms with van der Waals surface area (Å²) in [5, 5.41) is 11.4. The predicted molar refractivity (Wildman–Crippen MR) is 208 cm³/mol. The molecule has 3 aromatic heterocycles. The van der Waals surface area contributed by atoms with Crippen LogP contribution >= 0.6 is 0 Å². The highest BCUT2D eigenvalue weighted by atomic mass is 15.0. The van der Waals surface area contributed by atoms with Crippen LogP contribution in [0.5, 0.6) is 0 Å². The largest absolute Gasteiger partial charge is 0.292 e. The lowest BCUT2D eigenvalue weighted by molar-refractivity contribution is 1.31. The van der Waals surface area contributed by atoms with Crippen molar-refractivity contribution in [2.75, 3.05) is 0 Å². The lowest BCUT2D eigenvalue weighted by Gasteiger charge is -2.19. The number of pyridine rings is 2. The molecule has 0 saturated carbocycles. The molecule has 0 spiro atoms. The van der Waals surface area contributed by atoms with Crippen LogP contribution in [-0.2, 0) is 0 Å². The molecule has 3 heterocycles. The summed E-state index contributed by atoms with van der Waals surface area (Å²) in [4.78, 5) is 10.1. The molecule has 10 aromatic rings. The second kappa shape index (κ2) is 10.5. The molecule has 0 radical (unpaired) electrons. The van der Waals surface area contributed by atoms with Crippen molar-refractivity contribution in [2.24, 2.45) is 0 Å². The van der Waals surface area contributed by atoms with Crippen molar-refractivity contribution in [1.82, 2.24) is 14.4 Å². The number of nitrogens with zero attached hydrogens (tertiary/aromatic N) is 3. The van der Waals surface area contributed by atoms with E-state index in [1.807, 2.05) is 18.3 Å². The van der Waals surface area contributed by atoms with E-state index in [1.165, 1.54) is 43.6 Å². The number of hydrogen-bond acceptors (Lipinski definition) is 2. The number of para-hydroxylation sites is 2. The zero-order valence-corrected chi connectivity index (χ0v) is 26.7. The second-order valence-corrected chi connectivity index (χ2v) is 12.7. The van der Waals surface area contributed by atoms with Crippen molar-refractivity contribution >= 4 is 83.5 Å². The monoisotopic (exact) mass is 623 g/mol. The molecule has 0 N–H and O–H groups in total. The Morgan fingerprint density at radius 1 is 0.592 bits per heavy atom. The standard InChI is InChI=1S/C46H29N3/c1-3-12-31-28(2)13-10-19-32(31)43-35-17-6-4-15-33(35)42(34-16-5-7-18-36(34)43)30-23-25-40-38(27-30)37-24-22-29-14-11-26-47-45(29)44(37)46-48-39-20-8-9-21-41(39)49(40)46/h3-27H,1-2H2/b31-12+. The molecule has 0 unspecified atom stereocenters. The number of fused-ring (bicyclic) bond motifs is 12. The van der Waals surface area contributed by atoms with Gasteiger partial charge < -0.3 is 0 Å². The lowest BCUT2D eigenvalue weighted by atomic mass is 9.85. The molecule has 3 nitrogen and oxygen atoms in total. The number of imidazole rings is 1. The smallest absolute Gasteiger partial charge is 0.148 e. The SMILES string of the molecule is C=C/C=c1/c(-c2c3ccccc3c(-c3ccc4c(c3)c3ccc5cccnc5c3c3nc5ccccc5n43)c3ccccc23)cccc1=C. The van der Waals surface area contributed by atoms with E-state index in [4.69, 9.17) is 9.97 Å². The van der Waals surface area contributed by atoms with Crippen molar-refractivity contribution in [3.63, 3.8) is 0 Å². The van der Waals surface area contributed by atoms with Crippen LogP contribution in [0.1, 0.15) is 0 Å². The van der Waals surface area contributed by atoms with Crippen LogP contribution in [-0.4, -0.2) is 14.4 Å². The highest BCUT2D eigenvalue weighted by Crippen LogP contribution is 2.44. The van der Waals surface area contributed by atoms with Crippen molar-refractivity contribution in [2.45, 2.75) is 0 Å². The van der Waals surface area contributed by atoms with Gasteiger partial charge in [-0.2, -0.15) is 0 Å². The molecule has 0 fully saturated rings. The summed E-state index contributed by atoms with van der Waals surface area (Å²) in [6, 6.07) is 47.9. The number of hydrogen-bond donors (Lipinski definition) is 0. The first kappa shape index (κ1) is 27.5. The van der Waals surface area contributed by atoms with E-state index in [9.17, 15) is 0 Å². The minimum absolute atomic E-state index is 0.931. The Labute approximate surface area is 282 Å². The van der Waals surface area contributed by atoms with Crippen molar-refractivity contribution in [3.8, 4) is 22.3 Å². The fourth-order valence-electron chi connectivity index (χ4n) is 8.01. The summed E-state index contributed by atoms with van der Waals surface area (Å²) in [5.74, 6) is 0. The number of benzene rings is 7. The molecule has 228 valence electrons. The number of rotatable bonds is 3. The Hall–Kier alpha value is -6.58. The molecule has 3 heteroatoms. The highest BCUT2D eigenvalue weighted by molar-refractivity contribution is 6.25. The van der Waals surface area contributed by atoms with Gasteiger partial charge in [-0.25, -0.2) is 4.98 Å². The van der Waals surface area contributed by atoms with Gasteiger partial charge in [-0.3, -0.25) is 9.38 Å². The van der Waals surface area contributed by atoms with Gasteiger partial charge in [0.2, 0.25) is 0 Å². The Morgan fingerprint density at radius 2 is 1.33 bits per heavy atom. The fraction of sp³-hybridized carbons (Fsp3) is 0. The first-order valence-corrected chi connectivity index (χ1v) is 16.6. The van der Waals surface area contributed by atoms with E-state index in [1.54, 1.807) is 0 Å². The first-order chi connectivity index (χ1) is 24.2. The minimum atomic E-state index is 0.931. The van der Waals surface area contributed by atoms with Gasteiger partial charge in [0, 0.05) is 17.0 Å². The van der Waals surface area contributed by atoms with E-state index >= 15 is 0 Å². The molecular formula is C46H29N3. The average Bonchev–Trinajstić information content (AvgIpc) is 3.54. The zero-order valence-electron chi connectivity index (χ0n) is 26.7. The van der Waals surface area contributed by atoms with Crippen molar-refractivity contribution in [1.29, 1.82) is 0 Å². The van der Waals surface area contributed by atoms with E-state index in [2.05, 4.69) is 151 Å². The van der Waals surface area contributed by atoms with E-state index in [-0.39, 0.29) is 0 Å². The van der Waals surface area contributed by atoms with Gasteiger partial charge in [-0.15, -0.1) is 0 Å². The van der Waals surface area contributed by atoms with Crippen LogP contribution < -0.4 is 10.4 Å². The van der Waals surface area contributed by atoms with Crippen LogP contribution in [0, 0.1) is 0 Å². The zero-order chi connectivity index (χ0) is 32.6. The van der Waals surface area contributed by atoms with E-state index < -0.39 is 0 Å². The molecule has 49 heavy (non-hydrogen) atoms. The molecule has 0 aliphatic heterocycles. The minimum Gasteiger partial charge on any atom is -0.292 e. The Bertz CT molecular complexity index is 3090. The van der Waals surface area contributed by atoms with Crippen LogP contribution in [0.2, 0.25) is 0 Å². The maximum atomic E-state index is 5.18. The lowest BCUT2D eigenvalue weighted by Crippen LogP contribution is -2.24. The van der Waals surface area contributed by atoms with Gasteiger partial charge in [0.25, 0.3) is 0 Å². The van der Waals surface area contributed by atoms with Crippen LogP contribution in [0.4, 0.5) is 0 Å². The Balaban J connectivity index is 1.38. The highest BCUT2D eigenvalue weighted by Gasteiger charge is 2.20. The average molecular weight is 624 g/mol. The topological polar surface area (TPSA) is 30.2 Å². The molecule has 0 aliphatic carbocycles. The quantitative estimate of drug-likeness (QED) is 0.145. The maximum Gasteiger partial charge on any atom is 0.148 e. The molecule has 0 atom stereocenters. The maximum absolute atomic E-state index is 5.18. The third kappa shape index (κ3) is 3.90. The summed E-state index contributed by atoms with van der Waals surface area (Å²) in [7, 11) is 0. The number of aromatic nitrogens is 3. The molecule has 0 saturated heterocycles. The normalized spacial score (nSPS) is 12.4. The Morgan fingerprint density at radius 3 is 2.10 bits per heavy atom. The van der Waals surface area contributed by atoms with Crippen LogP contribution in [0.3, 0.4) is 0 Å². The van der Waals surface area contributed by atoms with Gasteiger partial charge in [0.15, 0.2) is 0 Å². The van der Waals surface area contributed by atoms with Crippen LogP contribution in [0.25, 0.3) is 106 Å². The summed E-state index contributed by atoms with van der Waals surface area (Å²) < 4.78 is 2.31. The summed E-state index contributed by atoms with van der Waals surface area (Å²) in [6.45, 7) is 8.38. The Kier molecular flexibility index (Phi) is 5.88. The van der Waals surface area contributed by atoms with Gasteiger partial charge >= 0.3 is 0 Å². The van der Waals surface area contributed by atoms with E-state index in [0.717, 1.165) is 59.9 Å². The number of allylic oxidation sites excluding steroid dienone is 1. The fourth-order valence-corrected chi connectivity index (χ4v) is 8.01. The van der Waals surface area contributed by atoms with Crippen LogP contribution in [0.15, 0.2) is 152 Å². The second-order valence-electron chi connectivity index (χ2n) is 12.7. The first-order valence-electron chi connectivity index (χ1n) is 16.6. The van der Waals surface area contributed by atoms with Gasteiger partial charge in [-0.1, -0.05) is 128 Å². The molecule has 0 bridgehead atoms.